The Hall–Kier alpha value is -2.37. The first-order chi connectivity index (χ1) is 14.7. The number of benzene rings is 1. The van der Waals surface area contributed by atoms with Gasteiger partial charge in [-0.1, -0.05) is 26.8 Å². The van der Waals surface area contributed by atoms with Crippen molar-refractivity contribution in [1.29, 1.82) is 0 Å². The Bertz CT molecular complexity index is 844. The minimum atomic E-state index is -1.04. The summed E-state index contributed by atoms with van der Waals surface area (Å²) in [6.45, 7) is 10.8. The molecule has 2 fully saturated rings. The number of amides is 1. The number of nitrogens with zero attached hydrogens (tertiary/aromatic N) is 1. The van der Waals surface area contributed by atoms with Crippen LogP contribution in [0.5, 0.6) is 5.75 Å². The zero-order chi connectivity index (χ0) is 22.8. The van der Waals surface area contributed by atoms with Gasteiger partial charge in [-0.3, -0.25) is 4.79 Å². The highest BCUT2D eigenvalue weighted by atomic mass is 19.1. The van der Waals surface area contributed by atoms with E-state index in [9.17, 15) is 14.7 Å². The van der Waals surface area contributed by atoms with E-state index < -0.39 is 23.7 Å². The van der Waals surface area contributed by atoms with Gasteiger partial charge in [0, 0.05) is 18.0 Å². The fourth-order valence-corrected chi connectivity index (χ4v) is 4.57. The van der Waals surface area contributed by atoms with Crippen LogP contribution in [-0.4, -0.2) is 41.1 Å². The lowest BCUT2D eigenvalue weighted by molar-refractivity contribution is -0.141. The van der Waals surface area contributed by atoms with Crippen molar-refractivity contribution in [2.24, 2.45) is 11.3 Å². The summed E-state index contributed by atoms with van der Waals surface area (Å²) in [6, 6.07) is 2.01. The molecule has 6 heteroatoms. The molecule has 31 heavy (non-hydrogen) atoms. The highest BCUT2D eigenvalue weighted by molar-refractivity contribution is 5.97. The molecule has 1 amide bonds. The summed E-state index contributed by atoms with van der Waals surface area (Å²) in [5.41, 5.74) is 0.745. The lowest BCUT2D eigenvalue weighted by Gasteiger charge is -2.31. The van der Waals surface area contributed by atoms with Gasteiger partial charge in [-0.15, -0.1) is 6.58 Å². The van der Waals surface area contributed by atoms with E-state index in [2.05, 4.69) is 20.4 Å². The van der Waals surface area contributed by atoms with Gasteiger partial charge in [0.15, 0.2) is 0 Å². The van der Waals surface area contributed by atoms with Crippen LogP contribution in [0.1, 0.15) is 81.1 Å². The predicted molar refractivity (Wildman–Crippen MR) is 118 cm³/mol. The average Bonchev–Trinajstić information content (AvgIpc) is 3.51. The fourth-order valence-electron chi connectivity index (χ4n) is 4.57. The molecule has 0 bridgehead atoms. The number of carbonyl (C=O) groups is 2. The van der Waals surface area contributed by atoms with Crippen molar-refractivity contribution >= 4 is 11.9 Å². The number of allylic oxidation sites excluding steroid dienone is 1. The van der Waals surface area contributed by atoms with Crippen molar-refractivity contribution in [3.05, 3.63) is 41.7 Å². The maximum Gasteiger partial charge on any atom is 0.326 e. The van der Waals surface area contributed by atoms with Crippen molar-refractivity contribution in [2.75, 3.05) is 13.2 Å². The van der Waals surface area contributed by atoms with E-state index in [-0.39, 0.29) is 22.8 Å². The molecule has 170 valence electrons. The normalized spacial score (nSPS) is 21.2. The SMILES string of the molecule is C=CCC(CC)(CC)COc1cc(F)c(C(=O)N2C[C@H](C)C[C@H]2C(=O)O)cc1C1CC1. The van der Waals surface area contributed by atoms with Crippen LogP contribution in [0.2, 0.25) is 0 Å². The molecule has 1 saturated carbocycles. The van der Waals surface area contributed by atoms with Crippen molar-refractivity contribution in [3.63, 3.8) is 0 Å². The van der Waals surface area contributed by atoms with E-state index >= 15 is 4.39 Å². The van der Waals surface area contributed by atoms with Crippen molar-refractivity contribution in [3.8, 4) is 5.75 Å². The standard InChI is InChI=1S/C25H34FNO4/c1-5-10-25(6-2,7-3)15-31-22-13-20(26)19(12-18(22)17-8-9-17)23(28)27-14-16(4)11-21(27)24(29)30/h5,12-13,16-17,21H,1,6-11,14-15H2,2-4H3,(H,29,30)/t16-,21+/m1/s1. The third-order valence-corrected chi connectivity index (χ3v) is 7.01. The number of halogens is 1. The van der Waals surface area contributed by atoms with Gasteiger partial charge in [-0.2, -0.15) is 0 Å². The lowest BCUT2D eigenvalue weighted by Crippen LogP contribution is -2.40. The summed E-state index contributed by atoms with van der Waals surface area (Å²) in [4.78, 5) is 26.0. The summed E-state index contributed by atoms with van der Waals surface area (Å²) in [7, 11) is 0. The minimum absolute atomic E-state index is 0.0477. The summed E-state index contributed by atoms with van der Waals surface area (Å²) >= 11 is 0. The van der Waals surface area contributed by atoms with Crippen LogP contribution in [0, 0.1) is 17.2 Å². The van der Waals surface area contributed by atoms with E-state index in [1.165, 1.54) is 11.0 Å². The van der Waals surface area contributed by atoms with Gasteiger partial charge < -0.3 is 14.7 Å². The first kappa shape index (κ1) is 23.3. The Labute approximate surface area is 184 Å². The van der Waals surface area contributed by atoms with Crippen LogP contribution < -0.4 is 4.74 Å². The molecule has 1 aromatic rings. The first-order valence-electron chi connectivity index (χ1n) is 11.4. The molecule has 3 rings (SSSR count). The quantitative estimate of drug-likeness (QED) is 0.504. The van der Waals surface area contributed by atoms with E-state index in [1.54, 1.807) is 6.07 Å². The second kappa shape index (κ2) is 9.41. The molecule has 1 aliphatic carbocycles. The fraction of sp³-hybridized carbons (Fsp3) is 0.600. The van der Waals surface area contributed by atoms with E-state index in [4.69, 9.17) is 4.74 Å². The van der Waals surface area contributed by atoms with Gasteiger partial charge in [-0.25, -0.2) is 9.18 Å². The summed E-state index contributed by atoms with van der Waals surface area (Å²) < 4.78 is 21.2. The Morgan fingerprint density at radius 2 is 2.00 bits per heavy atom. The van der Waals surface area contributed by atoms with Gasteiger partial charge in [-0.05, 0) is 62.0 Å². The Morgan fingerprint density at radius 3 is 2.55 bits per heavy atom. The molecule has 1 heterocycles. The summed E-state index contributed by atoms with van der Waals surface area (Å²) in [5, 5.41) is 9.49. The monoisotopic (exact) mass is 431 g/mol. The predicted octanol–water partition coefficient (Wildman–Crippen LogP) is 5.40. The molecule has 2 atom stereocenters. The largest absolute Gasteiger partial charge is 0.493 e. The Kier molecular flexibility index (Phi) is 7.07. The van der Waals surface area contributed by atoms with Crippen LogP contribution in [0.4, 0.5) is 4.39 Å². The Morgan fingerprint density at radius 1 is 1.32 bits per heavy atom. The second-order valence-corrected chi connectivity index (χ2v) is 9.29. The van der Waals surface area contributed by atoms with Crippen molar-refractivity contribution in [2.45, 2.75) is 71.3 Å². The third kappa shape index (κ3) is 4.94. The number of aliphatic carboxylic acids is 1. The number of ether oxygens (including phenoxy) is 1. The number of rotatable bonds is 10. The van der Waals surface area contributed by atoms with Crippen LogP contribution in [0.25, 0.3) is 0 Å². The van der Waals surface area contributed by atoms with E-state index in [0.29, 0.717) is 25.3 Å². The minimum Gasteiger partial charge on any atom is -0.493 e. The zero-order valence-electron chi connectivity index (χ0n) is 18.8. The molecule has 1 aliphatic heterocycles. The number of carboxylic acid groups (broad SMARTS) is 1. The molecule has 0 aromatic heterocycles. The van der Waals surface area contributed by atoms with E-state index in [0.717, 1.165) is 37.7 Å². The van der Waals surface area contributed by atoms with Gasteiger partial charge in [0.25, 0.3) is 5.91 Å². The first-order valence-corrected chi connectivity index (χ1v) is 11.4. The molecule has 1 N–H and O–H groups in total. The zero-order valence-corrected chi connectivity index (χ0v) is 18.8. The maximum absolute atomic E-state index is 15.1. The lowest BCUT2D eigenvalue weighted by atomic mass is 9.80. The van der Waals surface area contributed by atoms with Crippen LogP contribution in [0.15, 0.2) is 24.8 Å². The van der Waals surface area contributed by atoms with Crippen molar-refractivity contribution in [1.82, 2.24) is 4.90 Å². The topological polar surface area (TPSA) is 66.8 Å². The molecular formula is C25H34FNO4. The molecule has 0 spiro atoms. The maximum atomic E-state index is 15.1. The molecule has 2 aliphatic rings. The third-order valence-electron chi connectivity index (χ3n) is 7.01. The number of likely N-dealkylation sites (tertiary alicyclic amines) is 1. The highest BCUT2D eigenvalue weighted by Gasteiger charge is 2.40. The highest BCUT2D eigenvalue weighted by Crippen LogP contribution is 2.46. The number of hydrogen-bond acceptors (Lipinski definition) is 3. The number of carboxylic acids is 1. The van der Waals surface area contributed by atoms with Crippen LogP contribution >= 0.6 is 0 Å². The summed E-state index contributed by atoms with van der Waals surface area (Å²) in [6.07, 6.45) is 6.92. The summed E-state index contributed by atoms with van der Waals surface area (Å²) in [5.74, 6) is -1.43. The van der Waals surface area contributed by atoms with E-state index in [1.807, 2.05) is 13.0 Å². The number of carbonyl (C=O) groups excluding carboxylic acids is 1. The second-order valence-electron chi connectivity index (χ2n) is 9.29. The average molecular weight is 432 g/mol. The molecule has 1 saturated heterocycles. The molecular weight excluding hydrogens is 397 g/mol. The molecule has 0 radical (unpaired) electrons. The van der Waals surface area contributed by atoms with Gasteiger partial charge in [0.2, 0.25) is 0 Å². The number of hydrogen-bond donors (Lipinski definition) is 1. The Balaban J connectivity index is 1.88. The molecule has 5 nitrogen and oxygen atoms in total. The van der Waals surface area contributed by atoms with Gasteiger partial charge in [0.1, 0.15) is 17.6 Å². The van der Waals surface area contributed by atoms with Crippen LogP contribution in [0.3, 0.4) is 0 Å². The molecule has 0 unspecified atom stereocenters. The van der Waals surface area contributed by atoms with Crippen LogP contribution in [-0.2, 0) is 4.79 Å². The van der Waals surface area contributed by atoms with Crippen molar-refractivity contribution < 1.29 is 23.8 Å². The smallest absolute Gasteiger partial charge is 0.326 e. The molecule has 1 aromatic carbocycles. The van der Waals surface area contributed by atoms with Gasteiger partial charge in [0.05, 0.1) is 12.2 Å². The van der Waals surface area contributed by atoms with Gasteiger partial charge >= 0.3 is 5.97 Å².